The lowest BCUT2D eigenvalue weighted by atomic mass is 10.0. The lowest BCUT2D eigenvalue weighted by molar-refractivity contribution is -0.129. The Bertz CT molecular complexity index is 1260. The zero-order chi connectivity index (χ0) is 29.4. The van der Waals surface area contributed by atoms with Crippen molar-refractivity contribution in [2.24, 2.45) is 0 Å². The Labute approximate surface area is 242 Å². The molecule has 0 spiro atoms. The van der Waals surface area contributed by atoms with Crippen LogP contribution >= 0.6 is 0 Å². The number of amides is 3. The van der Waals surface area contributed by atoms with Crippen LogP contribution in [0.25, 0.3) is 0 Å². The molecule has 2 aromatic rings. The molecule has 1 heterocycles. The van der Waals surface area contributed by atoms with Gasteiger partial charge in [-0.05, 0) is 54.0 Å². The number of sulfonamides is 1. The smallest absolute Gasteiger partial charge is 0.335 e. The van der Waals surface area contributed by atoms with Crippen molar-refractivity contribution in [1.82, 2.24) is 19.6 Å². The van der Waals surface area contributed by atoms with E-state index >= 15 is 0 Å². The number of urea groups is 1. The number of ether oxygens (including phenoxy) is 3. The van der Waals surface area contributed by atoms with E-state index in [-0.39, 0.29) is 38.9 Å². The molecule has 1 unspecified atom stereocenters. The third-order valence-corrected chi connectivity index (χ3v) is 8.55. The van der Waals surface area contributed by atoms with Crippen molar-refractivity contribution in [3.05, 3.63) is 65.2 Å². The van der Waals surface area contributed by atoms with Crippen molar-refractivity contribution >= 4 is 22.0 Å². The highest BCUT2D eigenvalue weighted by molar-refractivity contribution is 7.90. The number of nitrogens with one attached hydrogen (secondary N) is 1. The molecule has 12 heteroatoms. The van der Waals surface area contributed by atoms with Gasteiger partial charge in [0, 0.05) is 33.9 Å². The van der Waals surface area contributed by atoms with Crippen molar-refractivity contribution in [1.29, 1.82) is 0 Å². The van der Waals surface area contributed by atoms with Crippen molar-refractivity contribution in [3.8, 4) is 5.75 Å². The average Bonchev–Trinajstić information content (AvgIpc) is 3.77. The van der Waals surface area contributed by atoms with E-state index in [9.17, 15) is 18.0 Å². The van der Waals surface area contributed by atoms with Crippen molar-refractivity contribution in [2.45, 2.75) is 31.2 Å². The molecule has 1 N–H and O–H groups in total. The summed E-state index contributed by atoms with van der Waals surface area (Å²) in [5, 5.41) is 1.10. The van der Waals surface area contributed by atoms with E-state index in [1.54, 1.807) is 12.0 Å². The maximum absolute atomic E-state index is 13.6. The van der Waals surface area contributed by atoms with Crippen LogP contribution in [0.4, 0.5) is 4.79 Å². The van der Waals surface area contributed by atoms with Gasteiger partial charge in [0.05, 0.1) is 32.9 Å². The summed E-state index contributed by atoms with van der Waals surface area (Å²) < 4.78 is 41.5. The maximum Gasteiger partial charge on any atom is 0.335 e. The van der Waals surface area contributed by atoms with Crippen LogP contribution in [0.1, 0.15) is 41.5 Å². The standard InChI is InChI=1S/C29H40N4O7S/c1-38-18-16-31(17-19-39-2)28(34)21-41(36,37)30-33-20-27(25-10-8-24(9-11-25)23-6-7-23)32(29(33)35)15-14-22-4-12-26(40-3)13-5-22/h4-5,8-13,23,27,30H,6-7,14-21H2,1-3H3. The van der Waals surface area contributed by atoms with E-state index in [1.165, 1.54) is 37.5 Å². The monoisotopic (exact) mass is 588 g/mol. The van der Waals surface area contributed by atoms with E-state index < -0.39 is 27.7 Å². The number of carbonyl (C=O) groups excluding carboxylic acids is 2. The molecule has 2 fully saturated rings. The average molecular weight is 589 g/mol. The fourth-order valence-corrected chi connectivity index (χ4v) is 5.98. The topological polar surface area (TPSA) is 118 Å². The number of hydrogen-bond donors (Lipinski definition) is 1. The van der Waals surface area contributed by atoms with Crippen molar-refractivity contribution < 1.29 is 32.2 Å². The van der Waals surface area contributed by atoms with Crippen LogP contribution in [0.15, 0.2) is 48.5 Å². The predicted octanol–water partition coefficient (Wildman–Crippen LogP) is 2.55. The molecule has 41 heavy (non-hydrogen) atoms. The van der Waals surface area contributed by atoms with Gasteiger partial charge < -0.3 is 24.0 Å². The summed E-state index contributed by atoms with van der Waals surface area (Å²) in [6.45, 7) is 1.49. The molecule has 3 amide bonds. The van der Waals surface area contributed by atoms with Gasteiger partial charge in [0.2, 0.25) is 15.9 Å². The van der Waals surface area contributed by atoms with E-state index in [2.05, 4.69) is 17.0 Å². The second-order valence-electron chi connectivity index (χ2n) is 10.4. The summed E-state index contributed by atoms with van der Waals surface area (Å²) in [6.07, 6.45) is 2.97. The number of benzene rings is 2. The van der Waals surface area contributed by atoms with Crippen LogP contribution in [0, 0.1) is 0 Å². The molecular formula is C29H40N4O7S. The Morgan fingerprint density at radius 2 is 1.56 bits per heavy atom. The first-order valence-electron chi connectivity index (χ1n) is 13.8. The first-order chi connectivity index (χ1) is 19.7. The summed E-state index contributed by atoms with van der Waals surface area (Å²) in [6, 6.07) is 15.1. The normalized spacial score (nSPS) is 17.2. The van der Waals surface area contributed by atoms with Gasteiger partial charge in [-0.3, -0.25) is 4.79 Å². The minimum absolute atomic E-state index is 0.120. The Morgan fingerprint density at radius 3 is 2.12 bits per heavy atom. The second kappa shape index (κ2) is 14.1. The van der Waals surface area contributed by atoms with Gasteiger partial charge in [-0.15, -0.1) is 4.83 Å². The van der Waals surface area contributed by atoms with Gasteiger partial charge in [-0.1, -0.05) is 36.4 Å². The lowest BCUT2D eigenvalue weighted by Crippen LogP contribution is -2.49. The highest BCUT2D eigenvalue weighted by Gasteiger charge is 2.40. The fourth-order valence-electron chi connectivity index (χ4n) is 4.92. The van der Waals surface area contributed by atoms with Crippen LogP contribution in [0.2, 0.25) is 0 Å². The molecule has 11 nitrogen and oxygen atoms in total. The summed E-state index contributed by atoms with van der Waals surface area (Å²) in [4.78, 5) is 31.8. The van der Waals surface area contributed by atoms with E-state index in [4.69, 9.17) is 14.2 Å². The molecule has 2 aliphatic rings. The SMILES string of the molecule is COCCN(CCOC)C(=O)CS(=O)(=O)NN1CC(c2ccc(C3CC3)cc2)N(CCc2ccc(OC)cc2)C1=O. The fraction of sp³-hybridized carbons (Fsp3) is 0.517. The Morgan fingerprint density at radius 1 is 0.951 bits per heavy atom. The van der Waals surface area contributed by atoms with Gasteiger partial charge >= 0.3 is 6.03 Å². The summed E-state index contributed by atoms with van der Waals surface area (Å²) in [7, 11) is 0.457. The first kappa shape index (κ1) is 30.8. The third-order valence-electron chi connectivity index (χ3n) is 7.42. The van der Waals surface area contributed by atoms with Crippen molar-refractivity contribution in [3.63, 3.8) is 0 Å². The highest BCUT2D eigenvalue weighted by atomic mass is 32.2. The summed E-state index contributed by atoms with van der Waals surface area (Å²) >= 11 is 0. The predicted molar refractivity (Wildman–Crippen MR) is 154 cm³/mol. The van der Waals surface area contributed by atoms with Crippen LogP contribution in [-0.2, 0) is 30.7 Å². The molecule has 1 saturated carbocycles. The Hall–Kier alpha value is -3.19. The van der Waals surface area contributed by atoms with Crippen LogP contribution < -0.4 is 9.57 Å². The molecule has 1 aliphatic carbocycles. The Kier molecular flexibility index (Phi) is 10.6. The molecule has 1 saturated heterocycles. The minimum atomic E-state index is -4.16. The van der Waals surface area contributed by atoms with Crippen LogP contribution in [0.3, 0.4) is 0 Å². The second-order valence-corrected chi connectivity index (χ2v) is 12.1. The van der Waals surface area contributed by atoms with Gasteiger partial charge in [0.15, 0.2) is 0 Å². The van der Waals surface area contributed by atoms with Gasteiger partial charge in [-0.2, -0.15) is 0 Å². The third kappa shape index (κ3) is 8.41. The number of methoxy groups -OCH3 is 3. The van der Waals surface area contributed by atoms with Gasteiger partial charge in [0.25, 0.3) is 0 Å². The number of rotatable bonds is 16. The number of hydrogen-bond acceptors (Lipinski definition) is 7. The summed E-state index contributed by atoms with van der Waals surface area (Å²) in [5.74, 6) is -0.0372. The van der Waals surface area contributed by atoms with Gasteiger partial charge in [0.1, 0.15) is 11.5 Å². The molecule has 1 aliphatic heterocycles. The highest BCUT2D eigenvalue weighted by Crippen LogP contribution is 2.40. The van der Waals surface area contributed by atoms with E-state index in [1.807, 2.05) is 36.4 Å². The molecular weight excluding hydrogens is 548 g/mol. The molecule has 2 aromatic carbocycles. The largest absolute Gasteiger partial charge is 0.497 e. The molecule has 0 aromatic heterocycles. The first-order valence-corrected chi connectivity index (χ1v) is 15.5. The van der Waals surface area contributed by atoms with Crippen molar-refractivity contribution in [2.75, 3.05) is 66.5 Å². The number of carbonyl (C=O) groups is 2. The molecule has 1 atom stereocenters. The quantitative estimate of drug-likeness (QED) is 0.320. The summed E-state index contributed by atoms with van der Waals surface area (Å²) in [5.41, 5.74) is 3.24. The van der Waals surface area contributed by atoms with Crippen LogP contribution in [-0.4, -0.2) is 102 Å². The molecule has 0 bridgehead atoms. The number of nitrogens with zero attached hydrogens (tertiary/aromatic N) is 3. The van der Waals surface area contributed by atoms with E-state index in [0.717, 1.165) is 21.9 Å². The zero-order valence-corrected chi connectivity index (χ0v) is 24.8. The zero-order valence-electron chi connectivity index (χ0n) is 24.0. The Balaban J connectivity index is 1.47. The van der Waals surface area contributed by atoms with Gasteiger partial charge in [-0.25, -0.2) is 18.2 Å². The number of hydrazine groups is 1. The lowest BCUT2D eigenvalue weighted by Gasteiger charge is -2.24. The van der Waals surface area contributed by atoms with Crippen LogP contribution in [0.5, 0.6) is 5.75 Å². The minimum Gasteiger partial charge on any atom is -0.497 e. The molecule has 224 valence electrons. The maximum atomic E-state index is 13.6. The molecule has 0 radical (unpaired) electrons. The van der Waals surface area contributed by atoms with E-state index in [0.29, 0.717) is 18.9 Å². The molecule has 4 rings (SSSR count).